The van der Waals surface area contributed by atoms with Gasteiger partial charge in [-0.3, -0.25) is 4.79 Å². The molecule has 0 aromatic rings. The van der Waals surface area contributed by atoms with Crippen LogP contribution in [0.1, 0.15) is 46.5 Å². The smallest absolute Gasteiger partial charge is 0.317 e. The van der Waals surface area contributed by atoms with Crippen LogP contribution < -0.4 is 5.32 Å². The summed E-state index contributed by atoms with van der Waals surface area (Å²) in [6.45, 7) is 7.34. The van der Waals surface area contributed by atoms with Crippen molar-refractivity contribution in [1.29, 1.82) is 0 Å². The number of likely N-dealkylation sites (tertiary alicyclic amines) is 1. The minimum absolute atomic E-state index is 0.0120. The summed E-state index contributed by atoms with van der Waals surface area (Å²) in [5.74, 6) is -0.567. The van der Waals surface area contributed by atoms with E-state index in [9.17, 15) is 9.59 Å². The first-order chi connectivity index (χ1) is 8.93. The Kier molecular flexibility index (Phi) is 6.12. The molecule has 5 nitrogen and oxygen atoms in total. The molecule has 2 amide bonds. The average Bonchev–Trinajstić information content (AvgIpc) is 2.37. The molecule has 2 N–H and O–H groups in total. The van der Waals surface area contributed by atoms with Gasteiger partial charge in [0.15, 0.2) is 0 Å². The number of nitrogens with zero attached hydrogens (tertiary/aromatic N) is 1. The van der Waals surface area contributed by atoms with E-state index >= 15 is 0 Å². The Morgan fingerprint density at radius 2 is 2.11 bits per heavy atom. The number of piperidine rings is 1. The first-order valence-corrected chi connectivity index (χ1v) is 7.20. The molecule has 0 aromatic heterocycles. The van der Waals surface area contributed by atoms with Crippen LogP contribution in [0.4, 0.5) is 4.79 Å². The first-order valence-electron chi connectivity index (χ1n) is 7.20. The van der Waals surface area contributed by atoms with E-state index in [4.69, 9.17) is 5.11 Å². The number of hydrogen-bond donors (Lipinski definition) is 2. The quantitative estimate of drug-likeness (QED) is 0.753. The third-order valence-electron chi connectivity index (χ3n) is 4.15. The predicted octanol–water partition coefficient (Wildman–Crippen LogP) is 2.32. The maximum atomic E-state index is 12.0. The van der Waals surface area contributed by atoms with Gasteiger partial charge in [0.25, 0.3) is 0 Å². The fourth-order valence-corrected chi connectivity index (χ4v) is 2.45. The molecular weight excluding hydrogens is 244 g/mol. The maximum absolute atomic E-state index is 12.0. The predicted molar refractivity (Wildman–Crippen MR) is 74.0 cm³/mol. The number of hydrogen-bond acceptors (Lipinski definition) is 2. The van der Waals surface area contributed by atoms with Crippen molar-refractivity contribution in [3.05, 3.63) is 0 Å². The van der Waals surface area contributed by atoms with Gasteiger partial charge in [0, 0.05) is 19.1 Å². The van der Waals surface area contributed by atoms with Crippen LogP contribution in [-0.2, 0) is 4.79 Å². The number of carboxylic acid groups (broad SMARTS) is 1. The zero-order valence-corrected chi connectivity index (χ0v) is 12.2. The summed E-state index contributed by atoms with van der Waals surface area (Å²) in [4.78, 5) is 24.6. The summed E-state index contributed by atoms with van der Waals surface area (Å²) in [6.07, 6.45) is 3.55. The van der Waals surface area contributed by atoms with Gasteiger partial charge in [0.05, 0.1) is 5.92 Å². The van der Waals surface area contributed by atoms with E-state index in [0.717, 1.165) is 13.0 Å². The van der Waals surface area contributed by atoms with Crippen LogP contribution in [0.15, 0.2) is 0 Å². The third-order valence-corrected chi connectivity index (χ3v) is 4.15. The number of nitrogens with one attached hydrogen (secondary N) is 1. The molecule has 1 rings (SSSR count). The second-order valence-electron chi connectivity index (χ2n) is 5.67. The highest BCUT2D eigenvalue weighted by Gasteiger charge is 2.27. The van der Waals surface area contributed by atoms with E-state index in [2.05, 4.69) is 19.2 Å². The standard InChI is InChI=1S/C14H26N2O3/c1-10-7-5-9-16(12(10)3)14(19)15-8-4-6-11(2)13(17)18/h10-12H,4-9H2,1-3H3,(H,15,19)(H,17,18). The number of amides is 2. The topological polar surface area (TPSA) is 69.6 Å². The number of carboxylic acids is 1. The molecule has 1 fully saturated rings. The number of carbonyl (C=O) groups is 2. The maximum Gasteiger partial charge on any atom is 0.317 e. The molecule has 0 bridgehead atoms. The average molecular weight is 270 g/mol. The van der Waals surface area contributed by atoms with E-state index in [-0.39, 0.29) is 18.0 Å². The summed E-state index contributed by atoms with van der Waals surface area (Å²) >= 11 is 0. The summed E-state index contributed by atoms with van der Waals surface area (Å²) < 4.78 is 0. The van der Waals surface area contributed by atoms with E-state index in [1.807, 2.05) is 4.90 Å². The lowest BCUT2D eigenvalue weighted by atomic mass is 9.92. The van der Waals surface area contributed by atoms with Gasteiger partial charge in [-0.25, -0.2) is 4.79 Å². The van der Waals surface area contributed by atoms with Gasteiger partial charge in [0.2, 0.25) is 0 Å². The molecule has 3 atom stereocenters. The lowest BCUT2D eigenvalue weighted by Crippen LogP contribution is -2.50. The molecule has 0 radical (unpaired) electrons. The minimum atomic E-state index is -0.773. The number of urea groups is 1. The van der Waals surface area contributed by atoms with Crippen LogP contribution in [0, 0.1) is 11.8 Å². The van der Waals surface area contributed by atoms with Crippen molar-refractivity contribution in [2.24, 2.45) is 11.8 Å². The highest BCUT2D eigenvalue weighted by atomic mass is 16.4. The monoisotopic (exact) mass is 270 g/mol. The lowest BCUT2D eigenvalue weighted by Gasteiger charge is -2.37. The van der Waals surface area contributed by atoms with Crippen molar-refractivity contribution in [3.8, 4) is 0 Å². The van der Waals surface area contributed by atoms with E-state index < -0.39 is 5.97 Å². The van der Waals surface area contributed by atoms with Crippen molar-refractivity contribution in [2.45, 2.75) is 52.5 Å². The van der Waals surface area contributed by atoms with Crippen LogP contribution in [0.5, 0.6) is 0 Å². The Bertz CT molecular complexity index is 320. The Morgan fingerprint density at radius 3 is 2.74 bits per heavy atom. The Morgan fingerprint density at radius 1 is 1.42 bits per heavy atom. The SMILES string of the molecule is CC(CCCNC(=O)N1CCCC(C)C1C)C(=O)O. The summed E-state index contributed by atoms with van der Waals surface area (Å²) in [5, 5.41) is 11.7. The molecule has 1 aliphatic heterocycles. The normalized spacial score (nSPS) is 24.9. The largest absolute Gasteiger partial charge is 0.481 e. The second-order valence-corrected chi connectivity index (χ2v) is 5.67. The fourth-order valence-electron chi connectivity index (χ4n) is 2.45. The second kappa shape index (κ2) is 7.36. The molecule has 0 aromatic carbocycles. The van der Waals surface area contributed by atoms with Gasteiger partial charge in [-0.15, -0.1) is 0 Å². The lowest BCUT2D eigenvalue weighted by molar-refractivity contribution is -0.141. The molecule has 0 saturated carbocycles. The van der Waals surface area contributed by atoms with Crippen LogP contribution in [-0.4, -0.2) is 41.1 Å². The van der Waals surface area contributed by atoms with Crippen LogP contribution in [0.3, 0.4) is 0 Å². The van der Waals surface area contributed by atoms with Crippen LogP contribution >= 0.6 is 0 Å². The van der Waals surface area contributed by atoms with E-state index in [1.165, 1.54) is 6.42 Å². The summed E-state index contributed by atoms with van der Waals surface area (Å²) in [7, 11) is 0. The van der Waals surface area contributed by atoms with Crippen LogP contribution in [0.25, 0.3) is 0 Å². The van der Waals surface area contributed by atoms with Crippen molar-refractivity contribution in [2.75, 3.05) is 13.1 Å². The summed E-state index contributed by atoms with van der Waals surface area (Å²) in [5.41, 5.74) is 0. The van der Waals surface area contributed by atoms with Crippen molar-refractivity contribution in [1.82, 2.24) is 10.2 Å². The zero-order valence-electron chi connectivity index (χ0n) is 12.2. The van der Waals surface area contributed by atoms with Gasteiger partial charge >= 0.3 is 12.0 Å². The molecule has 3 unspecified atom stereocenters. The number of carbonyl (C=O) groups excluding carboxylic acids is 1. The van der Waals surface area contributed by atoms with Gasteiger partial charge in [0.1, 0.15) is 0 Å². The molecule has 1 aliphatic rings. The fraction of sp³-hybridized carbons (Fsp3) is 0.857. The Balaban J connectivity index is 2.25. The Hall–Kier alpha value is -1.26. The van der Waals surface area contributed by atoms with E-state index in [1.54, 1.807) is 6.92 Å². The van der Waals surface area contributed by atoms with Gasteiger partial charge in [-0.05, 0) is 38.5 Å². The van der Waals surface area contributed by atoms with E-state index in [0.29, 0.717) is 25.3 Å². The van der Waals surface area contributed by atoms with Gasteiger partial charge < -0.3 is 15.3 Å². The molecule has 0 aliphatic carbocycles. The third kappa shape index (κ3) is 4.73. The molecule has 1 heterocycles. The number of aliphatic carboxylic acids is 1. The Labute approximate surface area is 115 Å². The molecule has 5 heteroatoms. The first kappa shape index (κ1) is 15.8. The highest BCUT2D eigenvalue weighted by Crippen LogP contribution is 2.22. The molecule has 110 valence electrons. The van der Waals surface area contributed by atoms with Gasteiger partial charge in [-0.2, -0.15) is 0 Å². The van der Waals surface area contributed by atoms with Crippen LogP contribution in [0.2, 0.25) is 0 Å². The summed E-state index contributed by atoms with van der Waals surface area (Å²) in [6, 6.07) is 0.272. The van der Waals surface area contributed by atoms with Gasteiger partial charge in [-0.1, -0.05) is 13.8 Å². The van der Waals surface area contributed by atoms with Crippen molar-refractivity contribution >= 4 is 12.0 Å². The highest BCUT2D eigenvalue weighted by molar-refractivity contribution is 5.74. The van der Waals surface area contributed by atoms with Crippen molar-refractivity contribution in [3.63, 3.8) is 0 Å². The molecule has 19 heavy (non-hydrogen) atoms. The van der Waals surface area contributed by atoms with Crippen molar-refractivity contribution < 1.29 is 14.7 Å². The minimum Gasteiger partial charge on any atom is -0.481 e. The molecule has 1 saturated heterocycles. The molecular formula is C14H26N2O3. The number of rotatable bonds is 5. The zero-order chi connectivity index (χ0) is 14.4. The molecule has 0 spiro atoms.